The van der Waals surface area contributed by atoms with Crippen molar-refractivity contribution >= 4 is 44.2 Å². The number of anilines is 1. The average molecular weight is 484 g/mol. The van der Waals surface area contributed by atoms with Crippen molar-refractivity contribution in [2.45, 2.75) is 18.9 Å². The zero-order valence-electron chi connectivity index (χ0n) is 18.3. The van der Waals surface area contributed by atoms with Gasteiger partial charge in [-0.25, -0.2) is 4.98 Å². The van der Waals surface area contributed by atoms with Crippen molar-refractivity contribution in [3.8, 4) is 0 Å². The molecular weight excluding hydrogens is 462 g/mol. The fraction of sp³-hybridized carbons (Fsp3) is 0.107. The molecule has 0 bridgehead atoms. The van der Waals surface area contributed by atoms with Crippen LogP contribution in [0.4, 0.5) is 5.13 Å². The summed E-state index contributed by atoms with van der Waals surface area (Å²) in [5.74, 6) is -0.0685. The quantitative estimate of drug-likeness (QED) is 0.248. The Morgan fingerprint density at radius 1 is 0.882 bits per heavy atom. The topological polar surface area (TPSA) is 46.1 Å². The summed E-state index contributed by atoms with van der Waals surface area (Å²) in [5.41, 5.74) is 3.87. The lowest BCUT2D eigenvalue weighted by Gasteiger charge is -2.24. The average Bonchev–Trinajstić information content (AvgIpc) is 3.33. The summed E-state index contributed by atoms with van der Waals surface area (Å²) in [4.78, 5) is 24.6. The van der Waals surface area contributed by atoms with E-state index in [0.29, 0.717) is 23.1 Å². The number of rotatable bonds is 7. The third-order valence-electron chi connectivity index (χ3n) is 5.74. The van der Waals surface area contributed by atoms with Gasteiger partial charge in [0.1, 0.15) is 5.52 Å². The molecule has 1 amide bonds. The molecule has 0 unspecified atom stereocenters. The maximum Gasteiger partial charge on any atom is 0.230 e. The second-order valence-electron chi connectivity index (χ2n) is 8.00. The molecule has 0 radical (unpaired) electrons. The summed E-state index contributed by atoms with van der Waals surface area (Å²) in [5, 5.41) is 1.22. The molecule has 168 valence electrons. The Morgan fingerprint density at radius 2 is 1.59 bits per heavy atom. The van der Waals surface area contributed by atoms with Gasteiger partial charge in [-0.05, 0) is 34.9 Å². The number of aromatic nitrogens is 2. The van der Waals surface area contributed by atoms with E-state index in [-0.39, 0.29) is 11.8 Å². The number of hydrogen-bond donors (Lipinski definition) is 0. The molecule has 0 aliphatic carbocycles. The van der Waals surface area contributed by atoms with Crippen molar-refractivity contribution in [3.05, 3.63) is 125 Å². The number of hydrogen-bond acceptors (Lipinski definition) is 4. The number of amides is 1. The largest absolute Gasteiger partial charge is 0.284 e. The molecule has 4 nitrogen and oxygen atoms in total. The van der Waals surface area contributed by atoms with Crippen LogP contribution in [0, 0.1) is 0 Å². The lowest BCUT2D eigenvalue weighted by Crippen LogP contribution is -2.31. The first kappa shape index (κ1) is 22.3. The normalized spacial score (nSPS) is 11.1. The van der Waals surface area contributed by atoms with Crippen LogP contribution in [0.1, 0.15) is 29.0 Å². The number of carbonyl (C=O) groups is 1. The van der Waals surface area contributed by atoms with E-state index in [2.05, 4.69) is 29.2 Å². The first-order valence-electron chi connectivity index (χ1n) is 11.0. The second-order valence-corrected chi connectivity index (χ2v) is 9.42. The number of benzene rings is 3. The molecule has 0 spiro atoms. The maximum atomic E-state index is 13.9. The Kier molecular flexibility index (Phi) is 6.65. The highest BCUT2D eigenvalue weighted by Crippen LogP contribution is 2.35. The molecule has 5 aromatic rings. The third kappa shape index (κ3) is 4.86. The summed E-state index contributed by atoms with van der Waals surface area (Å²) in [7, 11) is 0. The number of halogens is 1. The van der Waals surface area contributed by atoms with Crippen molar-refractivity contribution in [2.24, 2.45) is 0 Å². The van der Waals surface area contributed by atoms with E-state index in [4.69, 9.17) is 16.6 Å². The Morgan fingerprint density at radius 3 is 2.21 bits per heavy atom. The predicted molar refractivity (Wildman–Crippen MR) is 139 cm³/mol. The molecule has 34 heavy (non-hydrogen) atoms. The van der Waals surface area contributed by atoms with Crippen molar-refractivity contribution in [1.29, 1.82) is 0 Å². The molecule has 0 atom stereocenters. The number of thiazole rings is 1. The van der Waals surface area contributed by atoms with Crippen molar-refractivity contribution in [2.75, 3.05) is 4.90 Å². The molecule has 0 saturated heterocycles. The molecule has 6 heteroatoms. The van der Waals surface area contributed by atoms with Gasteiger partial charge >= 0.3 is 0 Å². The number of para-hydroxylation sites is 1. The first-order chi connectivity index (χ1) is 16.7. The van der Waals surface area contributed by atoms with Gasteiger partial charge in [-0.3, -0.25) is 14.7 Å². The highest BCUT2D eigenvalue weighted by Gasteiger charge is 2.26. The molecule has 0 N–H and O–H groups in total. The van der Waals surface area contributed by atoms with Gasteiger partial charge in [-0.2, -0.15) is 0 Å². The SMILES string of the molecule is O=C(CC(c1ccccc1)c1ccccc1)N(Cc1cccnc1)c1nc2c(Cl)cccc2s1. The Hall–Kier alpha value is -3.54. The van der Waals surface area contributed by atoms with E-state index in [0.717, 1.165) is 26.9 Å². The highest BCUT2D eigenvalue weighted by molar-refractivity contribution is 7.22. The summed E-state index contributed by atoms with van der Waals surface area (Å²) in [6.07, 6.45) is 3.83. The van der Waals surface area contributed by atoms with Crippen molar-refractivity contribution in [1.82, 2.24) is 9.97 Å². The summed E-state index contributed by atoms with van der Waals surface area (Å²) < 4.78 is 0.953. The van der Waals surface area contributed by atoms with Gasteiger partial charge in [-0.15, -0.1) is 0 Å². The van der Waals surface area contributed by atoms with Crippen LogP contribution < -0.4 is 4.90 Å². The van der Waals surface area contributed by atoms with Crippen LogP contribution in [0.3, 0.4) is 0 Å². The number of carbonyl (C=O) groups excluding carboxylic acids is 1. The molecular formula is C28H22ClN3OS. The van der Waals surface area contributed by atoms with Crippen molar-refractivity contribution < 1.29 is 4.79 Å². The van der Waals surface area contributed by atoms with E-state index in [1.807, 2.05) is 66.7 Å². The number of nitrogens with zero attached hydrogens (tertiary/aromatic N) is 3. The van der Waals surface area contributed by atoms with Crippen LogP contribution in [0.5, 0.6) is 0 Å². The molecule has 2 heterocycles. The van der Waals surface area contributed by atoms with Crippen LogP contribution in [0.15, 0.2) is 103 Å². The zero-order valence-corrected chi connectivity index (χ0v) is 19.9. The highest BCUT2D eigenvalue weighted by atomic mass is 35.5. The van der Waals surface area contributed by atoms with Crippen LogP contribution in [0.2, 0.25) is 5.02 Å². The summed E-state index contributed by atoms with van der Waals surface area (Å²) in [6, 6.07) is 29.9. The van der Waals surface area contributed by atoms with Crippen molar-refractivity contribution in [3.63, 3.8) is 0 Å². The van der Waals surface area contributed by atoms with E-state index >= 15 is 0 Å². The van der Waals surface area contributed by atoms with Gasteiger partial charge in [0.2, 0.25) is 5.91 Å². The molecule has 0 saturated carbocycles. The van der Waals surface area contributed by atoms with Gasteiger partial charge in [0.25, 0.3) is 0 Å². The molecule has 5 rings (SSSR count). The van der Waals surface area contributed by atoms with E-state index in [1.54, 1.807) is 17.3 Å². The maximum absolute atomic E-state index is 13.9. The monoisotopic (exact) mass is 483 g/mol. The minimum Gasteiger partial charge on any atom is -0.284 e. The minimum absolute atomic E-state index is 0.00302. The van der Waals surface area contributed by atoms with E-state index in [9.17, 15) is 4.79 Å². The molecule has 0 aliphatic heterocycles. The Labute approximate surface area is 207 Å². The fourth-order valence-corrected chi connectivity index (χ4v) is 5.32. The molecule has 0 fully saturated rings. The van der Waals surface area contributed by atoms with Crippen LogP contribution in [-0.4, -0.2) is 15.9 Å². The predicted octanol–water partition coefficient (Wildman–Crippen LogP) is 7.10. The molecule has 0 aliphatic rings. The molecule has 2 aromatic heterocycles. The number of pyridine rings is 1. The zero-order chi connectivity index (χ0) is 23.3. The van der Waals surface area contributed by atoms with Gasteiger partial charge < -0.3 is 0 Å². The van der Waals surface area contributed by atoms with Crippen LogP contribution in [-0.2, 0) is 11.3 Å². The lowest BCUT2D eigenvalue weighted by atomic mass is 9.88. The lowest BCUT2D eigenvalue weighted by molar-refractivity contribution is -0.119. The number of fused-ring (bicyclic) bond motifs is 1. The van der Waals surface area contributed by atoms with Gasteiger partial charge in [0.15, 0.2) is 5.13 Å². The summed E-state index contributed by atoms with van der Waals surface area (Å²) >= 11 is 7.86. The minimum atomic E-state index is -0.0655. The van der Waals surface area contributed by atoms with Crippen LogP contribution >= 0.6 is 22.9 Å². The smallest absolute Gasteiger partial charge is 0.230 e. The third-order valence-corrected chi connectivity index (χ3v) is 7.09. The van der Waals surface area contributed by atoms with Gasteiger partial charge in [0, 0.05) is 24.7 Å². The van der Waals surface area contributed by atoms with Gasteiger partial charge in [-0.1, -0.05) is 95.7 Å². The Balaban J connectivity index is 1.53. The van der Waals surface area contributed by atoms with E-state index in [1.165, 1.54) is 11.3 Å². The van der Waals surface area contributed by atoms with E-state index < -0.39 is 0 Å². The first-order valence-corrected chi connectivity index (χ1v) is 12.2. The Bertz CT molecular complexity index is 1350. The van der Waals surface area contributed by atoms with Crippen LogP contribution in [0.25, 0.3) is 10.2 Å². The summed E-state index contributed by atoms with van der Waals surface area (Å²) in [6.45, 7) is 0.389. The standard InChI is InChI=1S/C28H22ClN3OS/c29-24-14-7-15-25-27(24)31-28(34-25)32(19-20-9-8-16-30-18-20)26(33)17-23(21-10-3-1-4-11-21)22-12-5-2-6-13-22/h1-16,18,23H,17,19H2. The fourth-order valence-electron chi connectivity index (χ4n) is 4.04. The second kappa shape index (κ2) is 10.2. The molecule has 3 aromatic carbocycles. The van der Waals surface area contributed by atoms with Gasteiger partial charge in [0.05, 0.1) is 16.3 Å².